The van der Waals surface area contributed by atoms with Crippen LogP contribution in [-0.2, 0) is 0 Å². The number of rotatable bonds is 3. The van der Waals surface area contributed by atoms with Gasteiger partial charge in [0.1, 0.15) is 4.92 Å². The lowest BCUT2D eigenvalue weighted by molar-refractivity contribution is -0.402. The third-order valence-corrected chi connectivity index (χ3v) is 5.12. The standard InChI is InChI=1S/C19H19N3O4/c1-12-18(14-4-2-3-5-15(14)20-12)13-8-10-21(11-9-13)19(23)16-6-7-17(26-16)22(24)25/h2-7,13,20H,8-11H2,1H3. The molecule has 1 fully saturated rings. The molecular formula is C19H19N3O4. The number of piperidine rings is 1. The molecule has 1 aromatic carbocycles. The number of hydrogen-bond acceptors (Lipinski definition) is 4. The van der Waals surface area contributed by atoms with Crippen molar-refractivity contribution in [1.29, 1.82) is 0 Å². The summed E-state index contributed by atoms with van der Waals surface area (Å²) in [4.78, 5) is 27.7. The summed E-state index contributed by atoms with van der Waals surface area (Å²) in [5.74, 6) is -0.274. The number of benzene rings is 1. The number of likely N-dealkylation sites (tertiary alicyclic amines) is 1. The topological polar surface area (TPSA) is 92.4 Å². The fourth-order valence-corrected chi connectivity index (χ4v) is 3.89. The number of carbonyl (C=O) groups excluding carboxylic acids is 1. The highest BCUT2D eigenvalue weighted by Gasteiger charge is 2.29. The van der Waals surface area contributed by atoms with Crippen molar-refractivity contribution in [3.63, 3.8) is 0 Å². The van der Waals surface area contributed by atoms with E-state index in [4.69, 9.17) is 4.42 Å². The number of aryl methyl sites for hydroxylation is 1. The highest BCUT2D eigenvalue weighted by Crippen LogP contribution is 2.36. The van der Waals surface area contributed by atoms with Crippen LogP contribution in [0.2, 0.25) is 0 Å². The van der Waals surface area contributed by atoms with E-state index in [0.717, 1.165) is 18.4 Å². The summed E-state index contributed by atoms with van der Waals surface area (Å²) in [6, 6.07) is 10.9. The van der Waals surface area contributed by atoms with Gasteiger partial charge in [0.25, 0.3) is 5.91 Å². The van der Waals surface area contributed by atoms with Crippen LogP contribution in [-0.4, -0.2) is 33.8 Å². The SMILES string of the molecule is Cc1[nH]c2ccccc2c1C1CCN(C(=O)c2ccc([N+](=O)[O-])o2)CC1. The van der Waals surface area contributed by atoms with E-state index in [0.29, 0.717) is 19.0 Å². The quantitative estimate of drug-likeness (QED) is 0.569. The van der Waals surface area contributed by atoms with Gasteiger partial charge in [0.15, 0.2) is 5.76 Å². The second-order valence-corrected chi connectivity index (χ2v) is 6.67. The summed E-state index contributed by atoms with van der Waals surface area (Å²) in [6.07, 6.45) is 1.72. The molecule has 1 aliphatic rings. The molecular weight excluding hydrogens is 334 g/mol. The molecule has 0 unspecified atom stereocenters. The van der Waals surface area contributed by atoms with E-state index in [2.05, 4.69) is 24.0 Å². The van der Waals surface area contributed by atoms with Crippen LogP contribution in [0, 0.1) is 17.0 Å². The van der Waals surface area contributed by atoms with E-state index in [1.807, 2.05) is 12.1 Å². The van der Waals surface area contributed by atoms with Crippen LogP contribution in [0.5, 0.6) is 0 Å². The number of nitro groups is 1. The summed E-state index contributed by atoms with van der Waals surface area (Å²) < 4.78 is 5.04. The fraction of sp³-hybridized carbons (Fsp3) is 0.316. The van der Waals surface area contributed by atoms with Crippen LogP contribution in [0.25, 0.3) is 10.9 Å². The molecule has 1 N–H and O–H groups in total. The Labute approximate surface area is 149 Å². The Morgan fingerprint density at radius 3 is 2.65 bits per heavy atom. The number of H-pyrrole nitrogens is 1. The van der Waals surface area contributed by atoms with Gasteiger partial charge in [-0.05, 0) is 43.4 Å². The minimum Gasteiger partial charge on any atom is -0.395 e. The molecule has 4 rings (SSSR count). The van der Waals surface area contributed by atoms with Crippen molar-refractivity contribution >= 4 is 22.7 Å². The van der Waals surface area contributed by atoms with Gasteiger partial charge in [0, 0.05) is 29.7 Å². The normalized spacial score (nSPS) is 15.5. The number of aromatic amines is 1. The average Bonchev–Trinajstić information content (AvgIpc) is 3.25. The van der Waals surface area contributed by atoms with Crippen molar-refractivity contribution in [2.24, 2.45) is 0 Å². The van der Waals surface area contributed by atoms with Crippen LogP contribution in [0.4, 0.5) is 5.88 Å². The number of carbonyl (C=O) groups is 1. The molecule has 134 valence electrons. The average molecular weight is 353 g/mol. The Morgan fingerprint density at radius 1 is 1.23 bits per heavy atom. The summed E-state index contributed by atoms with van der Waals surface area (Å²) in [5.41, 5.74) is 3.65. The first-order valence-electron chi connectivity index (χ1n) is 8.65. The second-order valence-electron chi connectivity index (χ2n) is 6.67. The number of hydrogen-bond donors (Lipinski definition) is 1. The Kier molecular flexibility index (Phi) is 3.99. The molecule has 0 saturated carbocycles. The first-order chi connectivity index (χ1) is 12.5. The molecule has 0 bridgehead atoms. The molecule has 1 aliphatic heterocycles. The monoisotopic (exact) mass is 353 g/mol. The van der Waals surface area contributed by atoms with E-state index in [9.17, 15) is 14.9 Å². The number of nitrogens with one attached hydrogen (secondary N) is 1. The van der Waals surface area contributed by atoms with Crippen LogP contribution in [0.1, 0.15) is 40.6 Å². The zero-order chi connectivity index (χ0) is 18.3. The maximum Gasteiger partial charge on any atom is 0.433 e. The lowest BCUT2D eigenvalue weighted by Gasteiger charge is -2.31. The number of furan rings is 1. The van der Waals surface area contributed by atoms with Crippen molar-refractivity contribution in [2.45, 2.75) is 25.7 Å². The van der Waals surface area contributed by atoms with Crippen LogP contribution >= 0.6 is 0 Å². The molecule has 0 atom stereocenters. The number of aromatic nitrogens is 1. The number of fused-ring (bicyclic) bond motifs is 1. The minimum absolute atomic E-state index is 0.0263. The molecule has 0 aliphatic carbocycles. The number of nitrogens with zero attached hydrogens (tertiary/aromatic N) is 2. The second kappa shape index (κ2) is 6.33. The Hall–Kier alpha value is -3.09. The van der Waals surface area contributed by atoms with Crippen molar-refractivity contribution in [2.75, 3.05) is 13.1 Å². The molecule has 0 spiro atoms. The molecule has 7 heteroatoms. The Bertz CT molecular complexity index is 980. The molecule has 1 saturated heterocycles. The van der Waals surface area contributed by atoms with Crippen LogP contribution in [0.15, 0.2) is 40.8 Å². The third kappa shape index (κ3) is 2.75. The fourth-order valence-electron chi connectivity index (χ4n) is 3.89. The summed E-state index contributed by atoms with van der Waals surface area (Å²) in [5, 5.41) is 12.0. The van der Waals surface area contributed by atoms with Gasteiger partial charge in [0.05, 0.1) is 6.07 Å². The van der Waals surface area contributed by atoms with Gasteiger partial charge >= 0.3 is 5.88 Å². The van der Waals surface area contributed by atoms with E-state index >= 15 is 0 Å². The molecule has 1 amide bonds. The predicted molar refractivity (Wildman–Crippen MR) is 96.3 cm³/mol. The van der Waals surface area contributed by atoms with E-state index in [-0.39, 0.29) is 11.7 Å². The van der Waals surface area contributed by atoms with Gasteiger partial charge in [-0.15, -0.1) is 0 Å². The Balaban J connectivity index is 1.49. The van der Waals surface area contributed by atoms with E-state index in [1.54, 1.807) is 4.90 Å². The van der Waals surface area contributed by atoms with Crippen molar-refractivity contribution < 1.29 is 14.1 Å². The van der Waals surface area contributed by atoms with E-state index < -0.39 is 10.8 Å². The first-order valence-corrected chi connectivity index (χ1v) is 8.65. The lowest BCUT2D eigenvalue weighted by atomic mass is 9.87. The van der Waals surface area contributed by atoms with Crippen molar-refractivity contribution in [3.8, 4) is 0 Å². The largest absolute Gasteiger partial charge is 0.433 e. The first kappa shape index (κ1) is 16.4. The van der Waals surface area contributed by atoms with Crippen molar-refractivity contribution in [3.05, 3.63) is 63.5 Å². The predicted octanol–water partition coefficient (Wildman–Crippen LogP) is 4.00. The van der Waals surface area contributed by atoms with Crippen LogP contribution in [0.3, 0.4) is 0 Å². The van der Waals surface area contributed by atoms with Gasteiger partial charge in [-0.25, -0.2) is 0 Å². The van der Waals surface area contributed by atoms with Crippen LogP contribution < -0.4 is 0 Å². The summed E-state index contributed by atoms with van der Waals surface area (Å²) in [7, 11) is 0. The molecule has 7 nitrogen and oxygen atoms in total. The minimum atomic E-state index is -0.636. The summed E-state index contributed by atoms with van der Waals surface area (Å²) >= 11 is 0. The van der Waals surface area contributed by atoms with Crippen molar-refractivity contribution in [1.82, 2.24) is 9.88 Å². The van der Waals surface area contributed by atoms with Gasteiger partial charge in [-0.3, -0.25) is 14.9 Å². The van der Waals surface area contributed by atoms with E-state index in [1.165, 1.54) is 28.8 Å². The zero-order valence-electron chi connectivity index (χ0n) is 14.4. The molecule has 0 radical (unpaired) electrons. The molecule has 3 heterocycles. The smallest absolute Gasteiger partial charge is 0.395 e. The molecule has 2 aromatic heterocycles. The van der Waals surface area contributed by atoms with Gasteiger partial charge in [0.2, 0.25) is 0 Å². The highest BCUT2D eigenvalue weighted by atomic mass is 16.6. The van der Waals surface area contributed by atoms with Gasteiger partial charge in [-0.1, -0.05) is 18.2 Å². The van der Waals surface area contributed by atoms with Gasteiger partial charge < -0.3 is 14.3 Å². The highest BCUT2D eigenvalue weighted by molar-refractivity contribution is 5.92. The molecule has 26 heavy (non-hydrogen) atoms. The summed E-state index contributed by atoms with van der Waals surface area (Å²) in [6.45, 7) is 3.31. The Morgan fingerprint density at radius 2 is 1.96 bits per heavy atom. The maximum atomic E-state index is 12.5. The lowest BCUT2D eigenvalue weighted by Crippen LogP contribution is -2.37. The number of para-hydroxylation sites is 1. The number of amides is 1. The molecule has 3 aromatic rings. The van der Waals surface area contributed by atoms with Gasteiger partial charge in [-0.2, -0.15) is 0 Å². The zero-order valence-corrected chi connectivity index (χ0v) is 14.4. The third-order valence-electron chi connectivity index (χ3n) is 5.12. The maximum absolute atomic E-state index is 12.5.